The highest BCUT2D eigenvalue weighted by molar-refractivity contribution is 7.10. The van der Waals surface area contributed by atoms with E-state index in [0.29, 0.717) is 11.3 Å². The van der Waals surface area contributed by atoms with Crippen LogP contribution in [0.1, 0.15) is 65.0 Å². The molecule has 3 aromatic rings. The van der Waals surface area contributed by atoms with Crippen LogP contribution in [0.3, 0.4) is 0 Å². The van der Waals surface area contributed by atoms with E-state index in [0.717, 1.165) is 41.7 Å². The van der Waals surface area contributed by atoms with Crippen LogP contribution in [0, 0.1) is 6.92 Å². The zero-order valence-corrected chi connectivity index (χ0v) is 20.4. The summed E-state index contributed by atoms with van der Waals surface area (Å²) in [6.45, 7) is 3.47. The van der Waals surface area contributed by atoms with Crippen molar-refractivity contribution in [3.63, 3.8) is 0 Å². The Morgan fingerprint density at radius 3 is 2.35 bits per heavy atom. The van der Waals surface area contributed by atoms with Crippen LogP contribution in [0.2, 0.25) is 0 Å². The third kappa shape index (κ3) is 5.45. The molecular weight excluding hydrogens is 444 g/mol. The predicted molar refractivity (Wildman–Crippen MR) is 136 cm³/mol. The van der Waals surface area contributed by atoms with Gasteiger partial charge in [-0.25, -0.2) is 0 Å². The molecule has 34 heavy (non-hydrogen) atoms. The highest BCUT2D eigenvalue weighted by Crippen LogP contribution is 2.33. The molecule has 1 N–H and O–H groups in total. The predicted octanol–water partition coefficient (Wildman–Crippen LogP) is 5.63. The standard InChI is InChI=1S/C28H30N2O3S/c1-19-13-15-21(16-14-19)27(28(33)29-22-8-3-4-9-22)30(26(32)18-23-10-7-17-34-23)25-12-6-5-11-24(25)20(2)31/h5-7,10-17,22,27H,3-4,8-9,18H2,1-2H3,(H,29,33)/t27-/m1/s1. The average Bonchev–Trinajstić information content (AvgIpc) is 3.52. The van der Waals surface area contributed by atoms with Gasteiger partial charge in [0, 0.05) is 16.5 Å². The summed E-state index contributed by atoms with van der Waals surface area (Å²) < 4.78 is 0. The normalized spacial score (nSPS) is 14.5. The molecule has 6 heteroatoms. The molecule has 1 aliphatic rings. The second-order valence-corrected chi connectivity index (χ2v) is 9.93. The number of benzene rings is 2. The van der Waals surface area contributed by atoms with Gasteiger partial charge in [0.1, 0.15) is 6.04 Å². The van der Waals surface area contributed by atoms with Crippen molar-refractivity contribution in [2.24, 2.45) is 0 Å². The molecule has 0 saturated heterocycles. The summed E-state index contributed by atoms with van der Waals surface area (Å²) in [5.41, 5.74) is 2.68. The van der Waals surface area contributed by atoms with Crippen molar-refractivity contribution in [3.8, 4) is 0 Å². The van der Waals surface area contributed by atoms with Gasteiger partial charge in [-0.1, -0.05) is 60.9 Å². The molecule has 1 aromatic heterocycles. The first-order valence-electron chi connectivity index (χ1n) is 11.8. The lowest BCUT2D eigenvalue weighted by atomic mass is 9.98. The van der Waals surface area contributed by atoms with Crippen molar-refractivity contribution in [2.45, 2.75) is 58.0 Å². The monoisotopic (exact) mass is 474 g/mol. The third-order valence-corrected chi connectivity index (χ3v) is 7.19. The first kappa shape index (κ1) is 23.9. The summed E-state index contributed by atoms with van der Waals surface area (Å²) in [5, 5.41) is 5.12. The van der Waals surface area contributed by atoms with Crippen molar-refractivity contribution in [1.82, 2.24) is 5.32 Å². The molecule has 1 atom stereocenters. The fourth-order valence-corrected chi connectivity index (χ4v) is 5.26. The number of nitrogens with zero attached hydrogens (tertiary/aromatic N) is 1. The fraction of sp³-hybridized carbons (Fsp3) is 0.321. The molecule has 1 aliphatic carbocycles. The van der Waals surface area contributed by atoms with E-state index in [1.807, 2.05) is 48.7 Å². The molecule has 1 heterocycles. The number of anilines is 1. The number of nitrogens with one attached hydrogen (secondary N) is 1. The number of hydrogen-bond acceptors (Lipinski definition) is 4. The number of hydrogen-bond donors (Lipinski definition) is 1. The van der Waals surface area contributed by atoms with E-state index in [4.69, 9.17) is 0 Å². The quantitative estimate of drug-likeness (QED) is 0.430. The molecule has 2 aromatic carbocycles. The summed E-state index contributed by atoms with van der Waals surface area (Å²) >= 11 is 1.50. The number of Topliss-reactive ketones (excluding diaryl/α,β-unsaturated/α-hetero) is 1. The third-order valence-electron chi connectivity index (χ3n) is 6.32. The average molecular weight is 475 g/mol. The van der Waals surface area contributed by atoms with Gasteiger partial charge >= 0.3 is 0 Å². The summed E-state index contributed by atoms with van der Waals surface area (Å²) in [6, 6.07) is 17.8. The Labute approximate surface area is 204 Å². The van der Waals surface area contributed by atoms with Crippen LogP contribution in [0.15, 0.2) is 66.0 Å². The van der Waals surface area contributed by atoms with Crippen molar-refractivity contribution in [1.29, 1.82) is 0 Å². The lowest BCUT2D eigenvalue weighted by Gasteiger charge is -2.33. The van der Waals surface area contributed by atoms with Crippen LogP contribution in [0.25, 0.3) is 0 Å². The smallest absolute Gasteiger partial charge is 0.248 e. The van der Waals surface area contributed by atoms with Crippen LogP contribution in [0.4, 0.5) is 5.69 Å². The van der Waals surface area contributed by atoms with Crippen LogP contribution < -0.4 is 10.2 Å². The maximum atomic E-state index is 13.9. The Morgan fingerprint density at radius 1 is 1.00 bits per heavy atom. The zero-order chi connectivity index (χ0) is 24.1. The molecular formula is C28H30N2O3S. The lowest BCUT2D eigenvalue weighted by molar-refractivity contribution is -0.127. The van der Waals surface area contributed by atoms with Gasteiger partial charge in [-0.2, -0.15) is 0 Å². The van der Waals surface area contributed by atoms with Crippen LogP contribution >= 0.6 is 11.3 Å². The molecule has 0 aliphatic heterocycles. The molecule has 5 nitrogen and oxygen atoms in total. The summed E-state index contributed by atoms with van der Waals surface area (Å²) in [5.74, 6) is -0.583. The number of carbonyl (C=O) groups is 3. The maximum absolute atomic E-state index is 13.9. The Kier molecular flexibility index (Phi) is 7.58. The first-order valence-corrected chi connectivity index (χ1v) is 12.6. The van der Waals surface area contributed by atoms with E-state index in [9.17, 15) is 14.4 Å². The number of thiophene rings is 1. The Balaban J connectivity index is 1.82. The zero-order valence-electron chi connectivity index (χ0n) is 19.6. The van der Waals surface area contributed by atoms with Crippen LogP contribution in [-0.4, -0.2) is 23.6 Å². The van der Waals surface area contributed by atoms with Gasteiger partial charge in [0.2, 0.25) is 11.8 Å². The van der Waals surface area contributed by atoms with Crippen molar-refractivity contribution in [2.75, 3.05) is 4.90 Å². The van der Waals surface area contributed by atoms with E-state index in [1.165, 1.54) is 23.2 Å². The highest BCUT2D eigenvalue weighted by atomic mass is 32.1. The largest absolute Gasteiger partial charge is 0.351 e. The SMILES string of the molecule is CC(=O)c1ccccc1N(C(=O)Cc1cccs1)[C@@H](C(=O)NC1CCCC1)c1ccc(C)cc1. The number of aryl methyl sites for hydroxylation is 1. The van der Waals surface area contributed by atoms with Gasteiger partial charge in [-0.3, -0.25) is 19.3 Å². The minimum atomic E-state index is -0.880. The number of amides is 2. The minimum Gasteiger partial charge on any atom is -0.351 e. The fourth-order valence-electron chi connectivity index (χ4n) is 4.56. The van der Waals surface area contributed by atoms with E-state index in [-0.39, 0.29) is 30.1 Å². The molecule has 0 radical (unpaired) electrons. The molecule has 0 bridgehead atoms. The topological polar surface area (TPSA) is 66.5 Å². The summed E-state index contributed by atoms with van der Waals surface area (Å²) in [4.78, 5) is 42.6. The highest BCUT2D eigenvalue weighted by Gasteiger charge is 2.35. The maximum Gasteiger partial charge on any atom is 0.248 e. The Hall–Kier alpha value is -3.25. The van der Waals surface area contributed by atoms with Crippen molar-refractivity contribution >= 4 is 34.6 Å². The summed E-state index contributed by atoms with van der Waals surface area (Å²) in [6.07, 6.45) is 4.23. The lowest BCUT2D eigenvalue weighted by Crippen LogP contribution is -2.47. The number of para-hydroxylation sites is 1. The van der Waals surface area contributed by atoms with E-state index in [1.54, 1.807) is 24.3 Å². The number of carbonyl (C=O) groups excluding carboxylic acids is 3. The molecule has 4 rings (SSSR count). The van der Waals surface area contributed by atoms with Crippen molar-refractivity contribution < 1.29 is 14.4 Å². The van der Waals surface area contributed by atoms with Gasteiger partial charge in [0.15, 0.2) is 5.78 Å². The molecule has 0 spiro atoms. The van der Waals surface area contributed by atoms with E-state index in [2.05, 4.69) is 5.32 Å². The Bertz CT molecular complexity index is 1150. The second kappa shape index (κ2) is 10.8. The van der Waals surface area contributed by atoms with Gasteiger partial charge in [-0.15, -0.1) is 11.3 Å². The molecule has 1 saturated carbocycles. The second-order valence-electron chi connectivity index (χ2n) is 8.90. The molecule has 2 amide bonds. The van der Waals surface area contributed by atoms with Gasteiger partial charge in [0.25, 0.3) is 0 Å². The molecule has 176 valence electrons. The minimum absolute atomic E-state index is 0.109. The molecule has 0 unspecified atom stereocenters. The molecule has 1 fully saturated rings. The van der Waals surface area contributed by atoms with E-state index < -0.39 is 6.04 Å². The Morgan fingerprint density at radius 2 is 1.71 bits per heavy atom. The van der Waals surface area contributed by atoms with Crippen molar-refractivity contribution in [3.05, 3.63) is 87.6 Å². The summed E-state index contributed by atoms with van der Waals surface area (Å²) in [7, 11) is 0. The number of rotatable bonds is 8. The van der Waals surface area contributed by atoms with Gasteiger partial charge < -0.3 is 5.32 Å². The van der Waals surface area contributed by atoms with Crippen LogP contribution in [0.5, 0.6) is 0 Å². The van der Waals surface area contributed by atoms with Gasteiger partial charge in [0.05, 0.1) is 12.1 Å². The van der Waals surface area contributed by atoms with E-state index >= 15 is 0 Å². The van der Waals surface area contributed by atoms with Gasteiger partial charge in [-0.05, 0) is 55.8 Å². The first-order chi connectivity index (χ1) is 16.4. The number of ketones is 1. The van der Waals surface area contributed by atoms with Crippen LogP contribution in [-0.2, 0) is 16.0 Å².